The summed E-state index contributed by atoms with van der Waals surface area (Å²) in [5.41, 5.74) is 1.10. The van der Waals surface area contributed by atoms with Gasteiger partial charge in [-0.15, -0.1) is 0 Å². The summed E-state index contributed by atoms with van der Waals surface area (Å²) < 4.78 is 5.55. The van der Waals surface area contributed by atoms with Crippen LogP contribution in [0.15, 0.2) is 12.3 Å². The third-order valence-corrected chi connectivity index (χ3v) is 4.14. The van der Waals surface area contributed by atoms with E-state index in [4.69, 9.17) is 16.3 Å². The SMILES string of the molecule is CC(C)NCc1cc(N(C)CC2CCCOC2)ncc1Cl. The Labute approximate surface area is 132 Å². The lowest BCUT2D eigenvalue weighted by atomic mass is 10.0. The van der Waals surface area contributed by atoms with Crippen LogP contribution in [0.25, 0.3) is 0 Å². The zero-order valence-electron chi connectivity index (χ0n) is 13.2. The molecule has 21 heavy (non-hydrogen) atoms. The lowest BCUT2D eigenvalue weighted by Crippen LogP contribution is -2.31. The highest BCUT2D eigenvalue weighted by Crippen LogP contribution is 2.22. The van der Waals surface area contributed by atoms with Crippen LogP contribution < -0.4 is 10.2 Å². The summed E-state index contributed by atoms with van der Waals surface area (Å²) in [4.78, 5) is 6.66. The van der Waals surface area contributed by atoms with E-state index in [0.717, 1.165) is 49.1 Å². The molecule has 5 heteroatoms. The Morgan fingerprint density at radius 3 is 3.00 bits per heavy atom. The molecule has 1 aliphatic heterocycles. The smallest absolute Gasteiger partial charge is 0.128 e. The van der Waals surface area contributed by atoms with E-state index >= 15 is 0 Å². The fourth-order valence-corrected chi connectivity index (χ4v) is 2.73. The number of ether oxygens (including phenoxy) is 1. The summed E-state index contributed by atoms with van der Waals surface area (Å²) in [6.45, 7) is 7.78. The number of hydrogen-bond donors (Lipinski definition) is 1. The number of pyridine rings is 1. The molecule has 0 spiro atoms. The van der Waals surface area contributed by atoms with Gasteiger partial charge in [-0.1, -0.05) is 25.4 Å². The minimum absolute atomic E-state index is 0.440. The summed E-state index contributed by atoms with van der Waals surface area (Å²) in [5, 5.41) is 4.12. The van der Waals surface area contributed by atoms with Crippen molar-refractivity contribution in [2.24, 2.45) is 5.92 Å². The molecule has 0 bridgehead atoms. The molecular formula is C16H26ClN3O. The van der Waals surface area contributed by atoms with Crippen molar-refractivity contribution in [3.8, 4) is 0 Å². The number of anilines is 1. The Balaban J connectivity index is 1.99. The van der Waals surface area contributed by atoms with Gasteiger partial charge >= 0.3 is 0 Å². The summed E-state index contributed by atoms with van der Waals surface area (Å²) in [6.07, 6.45) is 4.15. The molecule has 118 valence electrons. The molecular weight excluding hydrogens is 286 g/mol. The molecule has 2 rings (SSSR count). The van der Waals surface area contributed by atoms with Crippen molar-refractivity contribution in [1.29, 1.82) is 0 Å². The Bertz CT molecular complexity index is 447. The van der Waals surface area contributed by atoms with Gasteiger partial charge in [-0.05, 0) is 30.4 Å². The molecule has 0 aliphatic carbocycles. The van der Waals surface area contributed by atoms with Gasteiger partial charge in [0.05, 0.1) is 11.6 Å². The Morgan fingerprint density at radius 2 is 2.33 bits per heavy atom. The second-order valence-corrected chi connectivity index (χ2v) is 6.54. The van der Waals surface area contributed by atoms with Crippen molar-refractivity contribution in [1.82, 2.24) is 10.3 Å². The Hall–Kier alpha value is -0.840. The standard InChI is InChI=1S/C16H26ClN3O/c1-12(2)18-8-14-7-16(19-9-15(14)17)20(3)10-13-5-4-6-21-11-13/h7,9,12-13,18H,4-6,8,10-11H2,1-3H3. The van der Waals surface area contributed by atoms with Gasteiger partial charge in [0.2, 0.25) is 0 Å². The van der Waals surface area contributed by atoms with Crippen LogP contribution in [0.3, 0.4) is 0 Å². The van der Waals surface area contributed by atoms with Gasteiger partial charge < -0.3 is 15.0 Å². The Morgan fingerprint density at radius 1 is 1.52 bits per heavy atom. The first-order chi connectivity index (χ1) is 10.1. The minimum atomic E-state index is 0.440. The van der Waals surface area contributed by atoms with E-state index in [0.29, 0.717) is 12.0 Å². The molecule has 4 nitrogen and oxygen atoms in total. The number of aromatic nitrogens is 1. The van der Waals surface area contributed by atoms with Crippen molar-refractivity contribution < 1.29 is 4.74 Å². The number of hydrogen-bond acceptors (Lipinski definition) is 4. The van der Waals surface area contributed by atoms with Crippen LogP contribution in [-0.4, -0.2) is 37.8 Å². The first kappa shape index (κ1) is 16.5. The van der Waals surface area contributed by atoms with E-state index in [1.54, 1.807) is 6.20 Å². The van der Waals surface area contributed by atoms with Crippen LogP contribution in [0.4, 0.5) is 5.82 Å². The maximum Gasteiger partial charge on any atom is 0.128 e. The molecule has 1 saturated heterocycles. The van der Waals surface area contributed by atoms with E-state index in [-0.39, 0.29) is 0 Å². The molecule has 1 fully saturated rings. The summed E-state index contributed by atoms with van der Waals surface area (Å²) >= 11 is 6.24. The third kappa shape index (κ3) is 5.13. The van der Waals surface area contributed by atoms with Crippen LogP contribution in [0.2, 0.25) is 5.02 Å². The van der Waals surface area contributed by atoms with Gasteiger partial charge in [0.25, 0.3) is 0 Å². The van der Waals surface area contributed by atoms with E-state index in [2.05, 4.69) is 42.2 Å². The lowest BCUT2D eigenvalue weighted by molar-refractivity contribution is 0.0576. The molecule has 0 radical (unpaired) electrons. The van der Waals surface area contributed by atoms with E-state index < -0.39 is 0 Å². The van der Waals surface area contributed by atoms with E-state index in [9.17, 15) is 0 Å². The molecule has 0 saturated carbocycles. The van der Waals surface area contributed by atoms with Crippen LogP contribution in [0, 0.1) is 5.92 Å². The van der Waals surface area contributed by atoms with Crippen LogP contribution in [-0.2, 0) is 11.3 Å². The normalized spacial score (nSPS) is 19.0. The van der Waals surface area contributed by atoms with E-state index in [1.807, 2.05) is 0 Å². The predicted octanol–water partition coefficient (Wildman–Crippen LogP) is 3.10. The summed E-state index contributed by atoms with van der Waals surface area (Å²) in [6, 6.07) is 2.52. The molecule has 1 atom stereocenters. The fourth-order valence-electron chi connectivity index (χ4n) is 2.56. The Kier molecular flexibility index (Phi) is 6.27. The van der Waals surface area contributed by atoms with Gasteiger partial charge in [-0.2, -0.15) is 0 Å². The molecule has 1 unspecified atom stereocenters. The number of nitrogens with one attached hydrogen (secondary N) is 1. The molecule has 1 N–H and O–H groups in total. The van der Waals surface area contributed by atoms with Gasteiger partial charge in [0.1, 0.15) is 5.82 Å². The van der Waals surface area contributed by atoms with Crippen molar-refractivity contribution in [2.75, 3.05) is 31.7 Å². The maximum absolute atomic E-state index is 6.24. The fraction of sp³-hybridized carbons (Fsp3) is 0.688. The summed E-state index contributed by atoms with van der Waals surface area (Å²) in [5.74, 6) is 1.57. The highest BCUT2D eigenvalue weighted by molar-refractivity contribution is 6.31. The predicted molar refractivity (Wildman–Crippen MR) is 88.0 cm³/mol. The van der Waals surface area contributed by atoms with E-state index in [1.165, 1.54) is 6.42 Å². The van der Waals surface area contributed by atoms with Crippen molar-refractivity contribution in [2.45, 2.75) is 39.3 Å². The number of rotatable bonds is 6. The van der Waals surface area contributed by atoms with Crippen LogP contribution >= 0.6 is 11.6 Å². The highest BCUT2D eigenvalue weighted by atomic mass is 35.5. The average Bonchev–Trinajstić information content (AvgIpc) is 2.47. The first-order valence-electron chi connectivity index (χ1n) is 7.73. The largest absolute Gasteiger partial charge is 0.381 e. The third-order valence-electron chi connectivity index (χ3n) is 3.80. The summed E-state index contributed by atoms with van der Waals surface area (Å²) in [7, 11) is 2.09. The van der Waals surface area contributed by atoms with Crippen molar-refractivity contribution in [3.63, 3.8) is 0 Å². The van der Waals surface area contributed by atoms with Crippen molar-refractivity contribution >= 4 is 17.4 Å². The van der Waals surface area contributed by atoms with Gasteiger partial charge in [-0.3, -0.25) is 0 Å². The molecule has 2 heterocycles. The lowest BCUT2D eigenvalue weighted by Gasteiger charge is -2.28. The second-order valence-electron chi connectivity index (χ2n) is 6.13. The molecule has 1 aromatic heterocycles. The number of nitrogens with zero attached hydrogens (tertiary/aromatic N) is 2. The average molecular weight is 312 g/mol. The van der Waals surface area contributed by atoms with Gasteiger partial charge in [-0.25, -0.2) is 4.98 Å². The number of halogens is 1. The van der Waals surface area contributed by atoms with Crippen LogP contribution in [0.5, 0.6) is 0 Å². The van der Waals surface area contributed by atoms with Crippen LogP contribution in [0.1, 0.15) is 32.3 Å². The topological polar surface area (TPSA) is 37.4 Å². The minimum Gasteiger partial charge on any atom is -0.381 e. The quantitative estimate of drug-likeness (QED) is 0.876. The highest BCUT2D eigenvalue weighted by Gasteiger charge is 2.17. The van der Waals surface area contributed by atoms with Gasteiger partial charge in [0, 0.05) is 39.0 Å². The van der Waals surface area contributed by atoms with Gasteiger partial charge in [0.15, 0.2) is 0 Å². The molecule has 1 aromatic rings. The monoisotopic (exact) mass is 311 g/mol. The first-order valence-corrected chi connectivity index (χ1v) is 8.10. The maximum atomic E-state index is 6.24. The molecule has 0 amide bonds. The molecule has 0 aromatic carbocycles. The zero-order chi connectivity index (χ0) is 15.2. The van der Waals surface area contributed by atoms with Crippen molar-refractivity contribution in [3.05, 3.63) is 22.8 Å². The second kappa shape index (κ2) is 7.97. The zero-order valence-corrected chi connectivity index (χ0v) is 14.0. The molecule has 1 aliphatic rings.